The molecule has 15 heteroatoms. The minimum atomic E-state index is -5.18. The minimum Gasteiger partial charge on any atom is -0.438 e. The minimum absolute atomic E-state index is 0.0917. The zero-order chi connectivity index (χ0) is 26.9. The number of carbonyl (C=O) groups is 1. The summed E-state index contributed by atoms with van der Waals surface area (Å²) >= 11 is 0. The summed E-state index contributed by atoms with van der Waals surface area (Å²) in [5.41, 5.74) is -2.22. The maximum atomic E-state index is 14.0. The van der Waals surface area contributed by atoms with Gasteiger partial charge in [-0.25, -0.2) is 17.8 Å². The Bertz CT molecular complexity index is 1410. The van der Waals surface area contributed by atoms with Crippen LogP contribution >= 0.6 is 0 Å². The number of ether oxygens (including phenoxy) is 2. The molecule has 1 amide bonds. The monoisotopic (exact) mass is 538 g/mol. The number of halogens is 7. The zero-order valence-electron chi connectivity index (χ0n) is 17.7. The molecule has 0 fully saturated rings. The van der Waals surface area contributed by atoms with E-state index in [4.69, 9.17) is 4.74 Å². The first-order valence-electron chi connectivity index (χ1n) is 9.45. The molecule has 192 valence electrons. The van der Waals surface area contributed by atoms with Crippen LogP contribution in [0.15, 0.2) is 59.6 Å². The molecule has 0 unspecified atom stereocenters. The average molecular weight is 538 g/mol. The van der Waals surface area contributed by atoms with Crippen LogP contribution < -0.4 is 14.8 Å². The van der Waals surface area contributed by atoms with Crippen LogP contribution in [0, 0.1) is 5.82 Å². The normalized spacial score (nSPS) is 12.2. The summed E-state index contributed by atoms with van der Waals surface area (Å²) < 4.78 is 123. The van der Waals surface area contributed by atoms with Gasteiger partial charge in [0, 0.05) is 24.2 Å². The van der Waals surface area contributed by atoms with Gasteiger partial charge in [-0.2, -0.15) is 13.2 Å². The fourth-order valence-corrected chi connectivity index (χ4v) is 3.39. The van der Waals surface area contributed by atoms with Gasteiger partial charge in [-0.15, -0.1) is 13.2 Å². The van der Waals surface area contributed by atoms with Crippen molar-refractivity contribution < 1.29 is 53.4 Å². The highest BCUT2D eigenvalue weighted by Crippen LogP contribution is 2.34. The van der Waals surface area contributed by atoms with Gasteiger partial charge in [0.05, 0.1) is 10.5 Å². The van der Waals surface area contributed by atoms with Crippen LogP contribution in [0.3, 0.4) is 0 Å². The van der Waals surface area contributed by atoms with Crippen molar-refractivity contribution in [2.45, 2.75) is 17.4 Å². The lowest BCUT2D eigenvalue weighted by atomic mass is 10.1. The number of carbonyl (C=O) groups excluding carboxylic acids is 1. The van der Waals surface area contributed by atoms with Gasteiger partial charge < -0.3 is 14.8 Å². The standard InChI is InChI=1S/C21H13F7N2O5S/c1-36(32,33)14-4-2-3-12(8-14)30-18(31)15-7-11(20(23,24)25)10-29-19(15)34-13-5-6-17(16(22)9-13)35-21(26,27)28/h2-10H,1H3,(H,30,31). The second-order valence-electron chi connectivity index (χ2n) is 7.07. The Morgan fingerprint density at radius 1 is 1.00 bits per heavy atom. The zero-order valence-corrected chi connectivity index (χ0v) is 18.6. The third-order valence-electron chi connectivity index (χ3n) is 4.29. The van der Waals surface area contributed by atoms with E-state index in [2.05, 4.69) is 15.0 Å². The van der Waals surface area contributed by atoms with Crippen LogP contribution in [0.2, 0.25) is 0 Å². The molecule has 0 atom stereocenters. The summed E-state index contributed by atoms with van der Waals surface area (Å²) in [6, 6.07) is 7.02. The van der Waals surface area contributed by atoms with Gasteiger partial charge in [0.2, 0.25) is 5.88 Å². The fraction of sp³-hybridized carbons (Fsp3) is 0.143. The molecule has 36 heavy (non-hydrogen) atoms. The molecular formula is C21H13F7N2O5S. The summed E-state index contributed by atoms with van der Waals surface area (Å²) in [7, 11) is -3.67. The van der Waals surface area contributed by atoms with E-state index in [0.717, 1.165) is 18.4 Å². The molecule has 0 saturated heterocycles. The molecule has 3 rings (SSSR count). The summed E-state index contributed by atoms with van der Waals surface area (Å²) in [6.07, 6.45) is -8.87. The van der Waals surface area contributed by atoms with Crippen molar-refractivity contribution in [3.63, 3.8) is 0 Å². The Labute approximate surface area is 198 Å². The number of sulfone groups is 1. The van der Waals surface area contributed by atoms with Crippen molar-refractivity contribution >= 4 is 21.4 Å². The van der Waals surface area contributed by atoms with E-state index in [1.54, 1.807) is 0 Å². The van der Waals surface area contributed by atoms with E-state index in [9.17, 15) is 43.9 Å². The molecule has 0 bridgehead atoms. The van der Waals surface area contributed by atoms with Crippen molar-refractivity contribution in [2.75, 3.05) is 11.6 Å². The summed E-state index contributed by atoms with van der Waals surface area (Å²) in [6.45, 7) is 0. The molecule has 7 nitrogen and oxygen atoms in total. The Kier molecular flexibility index (Phi) is 7.15. The van der Waals surface area contributed by atoms with E-state index in [1.165, 1.54) is 18.2 Å². The maximum absolute atomic E-state index is 14.0. The Morgan fingerprint density at radius 2 is 1.69 bits per heavy atom. The number of amides is 1. The van der Waals surface area contributed by atoms with Crippen molar-refractivity contribution in [2.24, 2.45) is 0 Å². The number of aromatic nitrogens is 1. The molecule has 0 radical (unpaired) electrons. The predicted molar refractivity (Wildman–Crippen MR) is 110 cm³/mol. The molecule has 0 spiro atoms. The van der Waals surface area contributed by atoms with Gasteiger partial charge in [-0.1, -0.05) is 6.07 Å². The van der Waals surface area contributed by atoms with Gasteiger partial charge >= 0.3 is 12.5 Å². The largest absolute Gasteiger partial charge is 0.573 e. The number of nitrogens with zero attached hydrogens (tertiary/aromatic N) is 1. The molecule has 1 aromatic heterocycles. The van der Waals surface area contributed by atoms with Gasteiger partial charge in [0.15, 0.2) is 21.4 Å². The quantitative estimate of drug-likeness (QED) is 0.412. The first kappa shape index (κ1) is 26.7. The first-order chi connectivity index (χ1) is 16.5. The van der Waals surface area contributed by atoms with Crippen LogP contribution in [-0.4, -0.2) is 31.9 Å². The van der Waals surface area contributed by atoms with E-state index < -0.39 is 62.6 Å². The van der Waals surface area contributed by atoms with Crippen LogP contribution in [0.25, 0.3) is 0 Å². The number of hydrogen-bond donors (Lipinski definition) is 1. The number of benzene rings is 2. The van der Waals surface area contributed by atoms with Crippen LogP contribution in [0.1, 0.15) is 15.9 Å². The highest BCUT2D eigenvalue weighted by molar-refractivity contribution is 7.90. The topological polar surface area (TPSA) is 94.6 Å². The Balaban J connectivity index is 1.96. The third-order valence-corrected chi connectivity index (χ3v) is 5.40. The van der Waals surface area contributed by atoms with E-state index in [-0.39, 0.29) is 10.6 Å². The van der Waals surface area contributed by atoms with Crippen LogP contribution in [0.4, 0.5) is 36.4 Å². The lowest BCUT2D eigenvalue weighted by Crippen LogP contribution is -2.18. The first-order valence-corrected chi connectivity index (χ1v) is 11.3. The smallest absolute Gasteiger partial charge is 0.438 e. The Hall–Kier alpha value is -3.88. The second kappa shape index (κ2) is 9.64. The highest BCUT2D eigenvalue weighted by Gasteiger charge is 2.34. The van der Waals surface area contributed by atoms with E-state index >= 15 is 0 Å². The molecule has 0 saturated carbocycles. The lowest BCUT2D eigenvalue weighted by Gasteiger charge is -2.14. The number of hydrogen-bond acceptors (Lipinski definition) is 6. The van der Waals surface area contributed by atoms with Gasteiger partial charge in [-0.05, 0) is 36.4 Å². The van der Waals surface area contributed by atoms with E-state index in [0.29, 0.717) is 24.4 Å². The molecule has 0 aliphatic rings. The lowest BCUT2D eigenvalue weighted by molar-refractivity contribution is -0.275. The molecule has 1 heterocycles. The highest BCUT2D eigenvalue weighted by atomic mass is 32.2. The fourth-order valence-electron chi connectivity index (χ4n) is 2.72. The number of anilines is 1. The predicted octanol–water partition coefficient (Wildman–Crippen LogP) is 5.59. The third kappa shape index (κ3) is 6.84. The molecule has 3 aromatic rings. The average Bonchev–Trinajstić information content (AvgIpc) is 2.74. The van der Waals surface area contributed by atoms with Crippen LogP contribution in [0.5, 0.6) is 17.4 Å². The van der Waals surface area contributed by atoms with Gasteiger partial charge in [0.1, 0.15) is 11.3 Å². The number of alkyl halides is 6. The van der Waals surface area contributed by atoms with Crippen molar-refractivity contribution in [3.05, 3.63) is 71.7 Å². The SMILES string of the molecule is CS(=O)(=O)c1cccc(NC(=O)c2cc(C(F)(F)F)cnc2Oc2ccc(OC(F)(F)F)c(F)c2)c1. The molecular weight excluding hydrogens is 525 g/mol. The second-order valence-corrected chi connectivity index (χ2v) is 9.09. The molecule has 0 aliphatic carbocycles. The maximum Gasteiger partial charge on any atom is 0.573 e. The van der Waals surface area contributed by atoms with E-state index in [1.807, 2.05) is 0 Å². The molecule has 0 aliphatic heterocycles. The Morgan fingerprint density at radius 3 is 2.28 bits per heavy atom. The van der Waals surface area contributed by atoms with Gasteiger partial charge in [0.25, 0.3) is 5.91 Å². The van der Waals surface area contributed by atoms with Crippen LogP contribution in [-0.2, 0) is 16.0 Å². The molecule has 2 aromatic carbocycles. The van der Waals surface area contributed by atoms with Crippen molar-refractivity contribution in [3.8, 4) is 17.4 Å². The molecule has 1 N–H and O–H groups in total. The number of pyridine rings is 1. The van der Waals surface area contributed by atoms with Crippen molar-refractivity contribution in [1.29, 1.82) is 0 Å². The summed E-state index contributed by atoms with van der Waals surface area (Å²) in [4.78, 5) is 16.0. The summed E-state index contributed by atoms with van der Waals surface area (Å²) in [5.74, 6) is -5.17. The number of rotatable bonds is 6. The van der Waals surface area contributed by atoms with Gasteiger partial charge in [-0.3, -0.25) is 4.79 Å². The summed E-state index contributed by atoms with van der Waals surface area (Å²) in [5, 5.41) is 2.21. The van der Waals surface area contributed by atoms with Crippen molar-refractivity contribution in [1.82, 2.24) is 4.98 Å². The number of nitrogens with one attached hydrogen (secondary N) is 1.